The first-order chi connectivity index (χ1) is 15.9. The Labute approximate surface area is 189 Å². The summed E-state index contributed by atoms with van der Waals surface area (Å²) in [6.07, 6.45) is -16.9. The van der Waals surface area contributed by atoms with Crippen LogP contribution in [-0.4, -0.2) is 16.7 Å². The minimum Gasteiger partial charge on any atom is -0.352 e. The normalized spacial score (nSPS) is 12.3. The molecule has 0 atom stereocenters. The number of rotatable bonds is 6. The predicted molar refractivity (Wildman–Crippen MR) is 99.6 cm³/mol. The maximum Gasteiger partial charge on any atom is 0.417 e. The van der Waals surface area contributed by atoms with Gasteiger partial charge in [0.05, 0.1) is 21.6 Å². The van der Waals surface area contributed by atoms with Crippen molar-refractivity contribution in [1.82, 2.24) is 5.32 Å². The van der Waals surface area contributed by atoms with Gasteiger partial charge in [0.2, 0.25) is 11.8 Å². The summed E-state index contributed by atoms with van der Waals surface area (Å²) in [5.74, 6) is -2.45. The Morgan fingerprint density at radius 1 is 0.771 bits per heavy atom. The number of carbonyl (C=O) groups is 2. The van der Waals surface area contributed by atoms with Crippen molar-refractivity contribution >= 4 is 23.2 Å². The number of benzene rings is 2. The van der Waals surface area contributed by atoms with Crippen molar-refractivity contribution in [3.8, 4) is 0 Å². The van der Waals surface area contributed by atoms with E-state index in [9.17, 15) is 59.2 Å². The van der Waals surface area contributed by atoms with Gasteiger partial charge in [-0.2, -0.15) is 39.5 Å². The highest BCUT2D eigenvalue weighted by Crippen LogP contribution is 2.41. The van der Waals surface area contributed by atoms with E-state index < -0.39 is 81.9 Å². The number of anilines is 1. The summed E-state index contributed by atoms with van der Waals surface area (Å²) in [6.45, 7) is -0.808. The molecule has 2 aromatic carbocycles. The van der Waals surface area contributed by atoms with Crippen LogP contribution in [-0.2, 0) is 34.7 Å². The van der Waals surface area contributed by atoms with Crippen molar-refractivity contribution in [3.63, 3.8) is 0 Å². The first-order valence-corrected chi connectivity index (χ1v) is 9.09. The number of alkyl halides is 9. The monoisotopic (exact) mass is 517 g/mol. The van der Waals surface area contributed by atoms with Crippen LogP contribution in [0.5, 0.6) is 0 Å². The number of nitrogens with one attached hydrogen (secondary N) is 2. The van der Waals surface area contributed by atoms with Crippen LogP contribution in [0.4, 0.5) is 50.9 Å². The predicted octanol–water partition coefficient (Wildman–Crippen LogP) is 5.30. The van der Waals surface area contributed by atoms with E-state index in [-0.39, 0.29) is 18.2 Å². The number of halogens is 9. The topological polar surface area (TPSA) is 101 Å². The second kappa shape index (κ2) is 9.79. The molecule has 0 saturated carbocycles. The molecule has 0 heterocycles. The maximum absolute atomic E-state index is 13.1. The molecule has 0 bridgehead atoms. The van der Waals surface area contributed by atoms with E-state index in [1.807, 2.05) is 5.32 Å². The van der Waals surface area contributed by atoms with Crippen molar-refractivity contribution in [3.05, 3.63) is 68.8 Å². The fraction of sp³-hybridized carbons (Fsp3) is 0.263. The van der Waals surface area contributed by atoms with Gasteiger partial charge in [-0.15, -0.1) is 0 Å². The highest BCUT2D eigenvalue weighted by atomic mass is 19.4. The Bertz CT molecular complexity index is 1140. The lowest BCUT2D eigenvalue weighted by molar-refractivity contribution is -0.385. The minimum atomic E-state index is -5.41. The molecule has 16 heteroatoms. The third-order valence-corrected chi connectivity index (χ3v) is 4.32. The molecule has 2 rings (SSSR count). The Morgan fingerprint density at radius 2 is 1.34 bits per heavy atom. The van der Waals surface area contributed by atoms with Gasteiger partial charge in [0.15, 0.2) is 0 Å². The highest BCUT2D eigenvalue weighted by molar-refractivity contribution is 6.03. The van der Waals surface area contributed by atoms with Gasteiger partial charge in [0, 0.05) is 24.4 Å². The van der Waals surface area contributed by atoms with Crippen LogP contribution < -0.4 is 10.6 Å². The lowest BCUT2D eigenvalue weighted by atomic mass is 10.1. The first kappa shape index (κ1) is 27.4. The zero-order valence-corrected chi connectivity index (χ0v) is 16.9. The van der Waals surface area contributed by atoms with Crippen LogP contribution in [0.2, 0.25) is 0 Å². The largest absolute Gasteiger partial charge is 0.417 e. The van der Waals surface area contributed by atoms with E-state index in [0.29, 0.717) is 6.07 Å². The zero-order chi connectivity index (χ0) is 26.8. The number of hydrogen-bond donors (Lipinski definition) is 2. The molecule has 2 N–H and O–H groups in total. The van der Waals surface area contributed by atoms with Crippen LogP contribution in [0.25, 0.3) is 0 Å². The molecular formula is C19H12F9N3O4. The van der Waals surface area contributed by atoms with Crippen molar-refractivity contribution in [2.45, 2.75) is 31.5 Å². The fourth-order valence-corrected chi connectivity index (χ4v) is 2.81. The quantitative estimate of drug-likeness (QED) is 0.235. The van der Waals surface area contributed by atoms with Gasteiger partial charge in [-0.1, -0.05) is 0 Å². The summed E-state index contributed by atoms with van der Waals surface area (Å²) >= 11 is 0. The van der Waals surface area contributed by atoms with E-state index >= 15 is 0 Å². The van der Waals surface area contributed by atoms with E-state index in [2.05, 4.69) is 0 Å². The zero-order valence-electron chi connectivity index (χ0n) is 16.9. The van der Waals surface area contributed by atoms with E-state index in [0.717, 1.165) is 12.1 Å². The molecule has 0 aromatic heterocycles. The minimum absolute atomic E-state index is 0.0190. The number of carbonyl (C=O) groups excluding carboxylic acids is 2. The van der Waals surface area contributed by atoms with Crippen LogP contribution in [0, 0.1) is 10.1 Å². The van der Waals surface area contributed by atoms with Crippen molar-refractivity contribution < 1.29 is 54.0 Å². The maximum atomic E-state index is 13.1. The standard InChI is InChI=1S/C19H12F9N3O4/c20-17(21,22)12-4-2-10(5-14(12)19(26,27)28)30-16(33)7-15(32)29-8-9-1-3-11(31(34)35)6-13(9)18(23,24)25/h1-6H,7-8H2,(H,29,32)(H,30,33). The second-order valence-electron chi connectivity index (χ2n) is 6.85. The van der Waals surface area contributed by atoms with Crippen LogP contribution >= 0.6 is 0 Å². The molecule has 0 spiro atoms. The van der Waals surface area contributed by atoms with Gasteiger partial charge in [-0.25, -0.2) is 0 Å². The number of hydrogen-bond acceptors (Lipinski definition) is 4. The van der Waals surface area contributed by atoms with E-state index in [1.54, 1.807) is 5.32 Å². The van der Waals surface area contributed by atoms with Crippen molar-refractivity contribution in [2.24, 2.45) is 0 Å². The molecule has 0 aliphatic heterocycles. The highest BCUT2D eigenvalue weighted by Gasteiger charge is 2.43. The van der Waals surface area contributed by atoms with Gasteiger partial charge in [0.1, 0.15) is 6.42 Å². The summed E-state index contributed by atoms with van der Waals surface area (Å²) in [4.78, 5) is 33.4. The summed E-state index contributed by atoms with van der Waals surface area (Å²) in [5.41, 5.74) is -7.64. The Morgan fingerprint density at radius 3 is 1.86 bits per heavy atom. The van der Waals surface area contributed by atoms with Crippen molar-refractivity contribution in [1.29, 1.82) is 0 Å². The van der Waals surface area contributed by atoms with Gasteiger partial charge >= 0.3 is 18.5 Å². The Balaban J connectivity index is 2.10. The molecule has 0 unspecified atom stereocenters. The molecule has 0 fully saturated rings. The van der Waals surface area contributed by atoms with Gasteiger partial charge in [0.25, 0.3) is 5.69 Å². The Hall–Kier alpha value is -3.85. The summed E-state index contributed by atoms with van der Waals surface area (Å²) in [5, 5.41) is 14.4. The fourth-order valence-electron chi connectivity index (χ4n) is 2.81. The smallest absolute Gasteiger partial charge is 0.352 e. The number of nitrogens with zero attached hydrogens (tertiary/aromatic N) is 1. The molecule has 0 saturated heterocycles. The van der Waals surface area contributed by atoms with Gasteiger partial charge in [-0.3, -0.25) is 19.7 Å². The number of amides is 2. The molecule has 7 nitrogen and oxygen atoms in total. The molecule has 0 aliphatic rings. The molecule has 35 heavy (non-hydrogen) atoms. The SMILES string of the molecule is O=C(CC(=O)Nc1ccc(C(F)(F)F)c(C(F)(F)F)c1)NCc1ccc([N+](=O)[O-])cc1C(F)(F)F. The third-order valence-electron chi connectivity index (χ3n) is 4.32. The molecule has 2 amide bonds. The van der Waals surface area contributed by atoms with Crippen LogP contribution in [0.15, 0.2) is 36.4 Å². The number of non-ortho nitro benzene ring substituents is 1. The molecule has 0 radical (unpaired) electrons. The summed E-state index contributed by atoms with van der Waals surface area (Å²) in [7, 11) is 0. The summed E-state index contributed by atoms with van der Waals surface area (Å²) in [6, 6.07) is 2.38. The lowest BCUT2D eigenvalue weighted by Gasteiger charge is -2.17. The van der Waals surface area contributed by atoms with Crippen molar-refractivity contribution in [2.75, 3.05) is 5.32 Å². The number of nitro groups is 1. The number of nitro benzene ring substituents is 1. The first-order valence-electron chi connectivity index (χ1n) is 9.09. The average Bonchev–Trinajstić information content (AvgIpc) is 2.69. The van der Waals surface area contributed by atoms with Crippen LogP contribution in [0.3, 0.4) is 0 Å². The molecule has 2 aromatic rings. The Kier molecular flexibility index (Phi) is 7.66. The van der Waals surface area contributed by atoms with E-state index in [4.69, 9.17) is 0 Å². The second-order valence-corrected chi connectivity index (χ2v) is 6.85. The molecule has 190 valence electrons. The van der Waals surface area contributed by atoms with E-state index in [1.165, 1.54) is 0 Å². The average molecular weight is 517 g/mol. The lowest BCUT2D eigenvalue weighted by Crippen LogP contribution is -2.28. The van der Waals surface area contributed by atoms with Gasteiger partial charge < -0.3 is 10.6 Å². The van der Waals surface area contributed by atoms with Crippen LogP contribution in [0.1, 0.15) is 28.7 Å². The third kappa shape index (κ3) is 7.31. The van der Waals surface area contributed by atoms with Gasteiger partial charge in [-0.05, 0) is 29.8 Å². The summed E-state index contributed by atoms with van der Waals surface area (Å²) < 4.78 is 117. The molecular weight excluding hydrogens is 505 g/mol. The molecule has 0 aliphatic carbocycles.